The highest BCUT2D eigenvalue weighted by atomic mass is 16.6. The number of hydrogen-bond acceptors (Lipinski definition) is 3. The molecule has 0 spiro atoms. The second-order valence-electron chi connectivity index (χ2n) is 2.58. The Balaban J connectivity index is 3.35. The van der Waals surface area contributed by atoms with E-state index in [1.807, 2.05) is 0 Å². The molecule has 68 valence electrons. The smallest absolute Gasteiger partial charge is 0.342 e. The minimum atomic E-state index is -1.28. The topological polar surface area (TPSA) is 80.4 Å². The SMILES string of the molecule is Cc1ccc([N+](=O)[O-])c([13C](=O)O)c1. The fourth-order valence-electron chi connectivity index (χ4n) is 0.980. The van der Waals surface area contributed by atoms with Gasteiger partial charge < -0.3 is 5.11 Å². The predicted molar refractivity (Wildman–Crippen MR) is 44.8 cm³/mol. The summed E-state index contributed by atoms with van der Waals surface area (Å²) in [6.45, 7) is 1.68. The highest BCUT2D eigenvalue weighted by Crippen LogP contribution is 2.19. The number of nitro benzene ring substituents is 1. The molecule has 0 aliphatic rings. The summed E-state index contributed by atoms with van der Waals surface area (Å²) in [6, 6.07) is 3.98. The summed E-state index contributed by atoms with van der Waals surface area (Å²) >= 11 is 0. The van der Waals surface area contributed by atoms with Crippen LogP contribution in [0.25, 0.3) is 0 Å². The van der Waals surface area contributed by atoms with E-state index in [4.69, 9.17) is 5.11 Å². The van der Waals surface area contributed by atoms with Crippen LogP contribution in [-0.4, -0.2) is 16.0 Å². The van der Waals surface area contributed by atoms with Crippen molar-refractivity contribution in [2.24, 2.45) is 0 Å². The first-order valence-corrected chi connectivity index (χ1v) is 3.50. The molecule has 0 aliphatic carbocycles. The fourth-order valence-corrected chi connectivity index (χ4v) is 0.980. The molecular formula is C8H7NO4. The molecule has 0 heterocycles. The van der Waals surface area contributed by atoms with Crippen LogP contribution in [0, 0.1) is 17.0 Å². The number of rotatable bonds is 2. The van der Waals surface area contributed by atoms with Gasteiger partial charge in [-0.1, -0.05) is 6.07 Å². The van der Waals surface area contributed by atoms with Crippen LogP contribution in [0.5, 0.6) is 0 Å². The lowest BCUT2D eigenvalue weighted by Crippen LogP contribution is -2.02. The zero-order valence-corrected chi connectivity index (χ0v) is 6.85. The van der Waals surface area contributed by atoms with Gasteiger partial charge in [0.05, 0.1) is 4.92 Å². The van der Waals surface area contributed by atoms with Gasteiger partial charge in [-0.2, -0.15) is 0 Å². The van der Waals surface area contributed by atoms with E-state index in [0.29, 0.717) is 5.56 Å². The van der Waals surface area contributed by atoms with E-state index in [0.717, 1.165) is 0 Å². The summed E-state index contributed by atoms with van der Waals surface area (Å²) in [6.07, 6.45) is 0. The molecule has 0 amide bonds. The van der Waals surface area contributed by atoms with Gasteiger partial charge >= 0.3 is 5.97 Å². The largest absolute Gasteiger partial charge is 0.477 e. The van der Waals surface area contributed by atoms with E-state index in [1.165, 1.54) is 18.2 Å². The van der Waals surface area contributed by atoms with Gasteiger partial charge in [0.1, 0.15) is 5.56 Å². The van der Waals surface area contributed by atoms with E-state index < -0.39 is 10.9 Å². The standard InChI is InChI=1S/C8H7NO4/c1-5-2-3-7(9(12)13)6(4-5)8(10)11/h2-4H,1H3,(H,10,11)/i8+1. The molecule has 1 rings (SSSR count). The molecule has 0 bridgehead atoms. The Morgan fingerprint density at radius 3 is 2.62 bits per heavy atom. The maximum atomic E-state index is 10.6. The maximum absolute atomic E-state index is 10.6. The van der Waals surface area contributed by atoms with E-state index in [1.54, 1.807) is 6.92 Å². The van der Waals surface area contributed by atoms with Crippen molar-refractivity contribution in [1.82, 2.24) is 0 Å². The maximum Gasteiger partial charge on any atom is 0.342 e. The number of aromatic carboxylic acids is 1. The predicted octanol–water partition coefficient (Wildman–Crippen LogP) is 1.60. The Hall–Kier alpha value is -1.91. The molecule has 1 aromatic carbocycles. The van der Waals surface area contributed by atoms with Gasteiger partial charge in [0.2, 0.25) is 0 Å². The number of carbonyl (C=O) groups is 1. The molecule has 0 unspecified atom stereocenters. The summed E-state index contributed by atoms with van der Waals surface area (Å²) in [7, 11) is 0. The molecule has 13 heavy (non-hydrogen) atoms. The first-order chi connectivity index (χ1) is 6.02. The summed E-state index contributed by atoms with van der Waals surface area (Å²) < 4.78 is 0. The average molecular weight is 182 g/mol. The monoisotopic (exact) mass is 182 g/mol. The van der Waals surface area contributed by atoms with Crippen molar-refractivity contribution < 1.29 is 14.8 Å². The van der Waals surface area contributed by atoms with Crippen molar-refractivity contribution in [2.75, 3.05) is 0 Å². The summed E-state index contributed by atoms with van der Waals surface area (Å²) in [5.41, 5.74) is 0.0334. The summed E-state index contributed by atoms with van der Waals surface area (Å²) in [5, 5.41) is 19.0. The molecule has 5 nitrogen and oxygen atoms in total. The van der Waals surface area contributed by atoms with Gasteiger partial charge in [0.15, 0.2) is 0 Å². The van der Waals surface area contributed by atoms with Crippen molar-refractivity contribution in [3.8, 4) is 0 Å². The molecule has 1 aromatic rings. The van der Waals surface area contributed by atoms with Crippen molar-refractivity contribution in [3.63, 3.8) is 0 Å². The fraction of sp³-hybridized carbons (Fsp3) is 0.125. The lowest BCUT2D eigenvalue weighted by Gasteiger charge is -1.98. The third-order valence-electron chi connectivity index (χ3n) is 1.58. The molecule has 0 saturated carbocycles. The number of carboxylic acids is 1. The number of aryl methyl sites for hydroxylation is 1. The molecule has 0 atom stereocenters. The van der Waals surface area contributed by atoms with Crippen molar-refractivity contribution in [1.29, 1.82) is 0 Å². The molecular weight excluding hydrogens is 175 g/mol. The van der Waals surface area contributed by atoms with E-state index in [9.17, 15) is 14.9 Å². The normalized spacial score (nSPS) is 9.62. The Kier molecular flexibility index (Phi) is 2.27. The molecule has 0 fully saturated rings. The second kappa shape index (κ2) is 3.22. The van der Waals surface area contributed by atoms with Gasteiger partial charge in [0.25, 0.3) is 5.69 Å². The van der Waals surface area contributed by atoms with Crippen LogP contribution in [0.1, 0.15) is 15.9 Å². The van der Waals surface area contributed by atoms with Crippen LogP contribution < -0.4 is 0 Å². The van der Waals surface area contributed by atoms with E-state index in [2.05, 4.69) is 0 Å². The lowest BCUT2D eigenvalue weighted by atomic mass is 10.2. The van der Waals surface area contributed by atoms with Crippen LogP contribution >= 0.6 is 0 Å². The third kappa shape index (κ3) is 1.81. The first kappa shape index (κ1) is 9.18. The quantitative estimate of drug-likeness (QED) is 0.428. The van der Waals surface area contributed by atoms with Crippen LogP contribution in [-0.2, 0) is 0 Å². The number of benzene rings is 1. The van der Waals surface area contributed by atoms with E-state index in [-0.39, 0.29) is 11.3 Å². The Labute approximate surface area is 73.8 Å². The van der Waals surface area contributed by atoms with Crippen LogP contribution in [0.4, 0.5) is 5.69 Å². The zero-order valence-electron chi connectivity index (χ0n) is 6.85. The minimum absolute atomic E-state index is 0.273. The highest BCUT2D eigenvalue weighted by Gasteiger charge is 2.18. The zero-order chi connectivity index (χ0) is 10.0. The number of nitro groups is 1. The first-order valence-electron chi connectivity index (χ1n) is 3.50. The summed E-state index contributed by atoms with van der Waals surface area (Å²) in [4.78, 5) is 20.2. The number of carboxylic acid groups (broad SMARTS) is 1. The average Bonchev–Trinajstić information content (AvgIpc) is 2.03. The number of hydrogen-bond donors (Lipinski definition) is 1. The molecule has 0 aliphatic heterocycles. The molecule has 1 N–H and O–H groups in total. The van der Waals surface area contributed by atoms with Gasteiger partial charge in [0, 0.05) is 6.07 Å². The molecule has 5 heteroatoms. The van der Waals surface area contributed by atoms with Gasteiger partial charge in [-0.15, -0.1) is 0 Å². The molecule has 0 saturated heterocycles. The molecule has 0 aromatic heterocycles. The van der Waals surface area contributed by atoms with Gasteiger partial charge in [-0.25, -0.2) is 4.79 Å². The Bertz CT molecular complexity index is 372. The second-order valence-corrected chi connectivity index (χ2v) is 2.58. The van der Waals surface area contributed by atoms with Crippen molar-refractivity contribution in [2.45, 2.75) is 6.92 Å². The lowest BCUT2D eigenvalue weighted by molar-refractivity contribution is -0.385. The van der Waals surface area contributed by atoms with E-state index >= 15 is 0 Å². The summed E-state index contributed by atoms with van der Waals surface area (Å²) in [5.74, 6) is -1.28. The van der Waals surface area contributed by atoms with Crippen LogP contribution in [0.2, 0.25) is 0 Å². The van der Waals surface area contributed by atoms with Crippen LogP contribution in [0.3, 0.4) is 0 Å². The third-order valence-corrected chi connectivity index (χ3v) is 1.58. The van der Waals surface area contributed by atoms with Crippen molar-refractivity contribution in [3.05, 3.63) is 39.4 Å². The van der Waals surface area contributed by atoms with Crippen LogP contribution in [0.15, 0.2) is 18.2 Å². The van der Waals surface area contributed by atoms with Gasteiger partial charge in [-0.05, 0) is 18.6 Å². The Morgan fingerprint density at radius 2 is 2.15 bits per heavy atom. The molecule has 0 radical (unpaired) electrons. The van der Waals surface area contributed by atoms with Gasteiger partial charge in [-0.3, -0.25) is 10.1 Å². The van der Waals surface area contributed by atoms with Crippen molar-refractivity contribution >= 4 is 11.7 Å². The number of nitrogens with zero attached hydrogens (tertiary/aromatic N) is 1. The minimum Gasteiger partial charge on any atom is -0.477 e. The highest BCUT2D eigenvalue weighted by molar-refractivity contribution is 5.92. The Morgan fingerprint density at radius 1 is 1.54 bits per heavy atom.